The third-order valence-electron chi connectivity index (χ3n) is 2.62. The zero-order valence-corrected chi connectivity index (χ0v) is 13.0. The fourth-order valence-electron chi connectivity index (χ4n) is 1.75. The van der Waals surface area contributed by atoms with Gasteiger partial charge in [-0.2, -0.15) is 0 Å². The summed E-state index contributed by atoms with van der Waals surface area (Å²) in [6.07, 6.45) is 0. The molecule has 1 N–H and O–H groups in total. The highest BCUT2D eigenvalue weighted by Crippen LogP contribution is 2.24. The van der Waals surface area contributed by atoms with E-state index in [1.807, 2.05) is 30.3 Å². The van der Waals surface area contributed by atoms with Crippen LogP contribution in [0.3, 0.4) is 0 Å². The Balaban J connectivity index is 2.29. The van der Waals surface area contributed by atoms with Gasteiger partial charge in [0.25, 0.3) is 0 Å². The zero-order valence-electron chi connectivity index (χ0n) is 10.6. The van der Waals surface area contributed by atoms with Gasteiger partial charge in [0.05, 0.1) is 6.54 Å². The number of aromatic nitrogens is 1. The van der Waals surface area contributed by atoms with Crippen LogP contribution in [0.5, 0.6) is 0 Å². The number of halogens is 1. The minimum Gasteiger partial charge on any atom is -0.478 e. The van der Waals surface area contributed by atoms with Crippen molar-refractivity contribution in [2.75, 3.05) is 11.9 Å². The maximum absolute atomic E-state index is 11.2. The molecule has 2 rings (SSSR count). The van der Waals surface area contributed by atoms with E-state index in [9.17, 15) is 9.90 Å². The van der Waals surface area contributed by atoms with Crippen molar-refractivity contribution in [1.29, 1.82) is 0 Å². The lowest BCUT2D eigenvalue weighted by molar-refractivity contribution is 0.0697. The first kappa shape index (κ1) is 14.0. The molecule has 2 aromatic heterocycles. The van der Waals surface area contributed by atoms with Gasteiger partial charge >= 0.3 is 5.97 Å². The Morgan fingerprint density at radius 3 is 2.84 bits per heavy atom. The lowest BCUT2D eigenvalue weighted by Crippen LogP contribution is -2.20. The van der Waals surface area contributed by atoms with E-state index in [0.29, 0.717) is 12.4 Å². The summed E-state index contributed by atoms with van der Waals surface area (Å²) in [6, 6.07) is 5.33. The second kappa shape index (κ2) is 5.71. The maximum Gasteiger partial charge on any atom is 0.339 e. The predicted molar refractivity (Wildman–Crippen MR) is 80.1 cm³/mol. The van der Waals surface area contributed by atoms with Crippen molar-refractivity contribution >= 4 is 39.1 Å². The highest BCUT2D eigenvalue weighted by Gasteiger charge is 2.16. The molecule has 0 amide bonds. The molecule has 6 heteroatoms. The molecular formula is C13H13BrN2O2S. The van der Waals surface area contributed by atoms with Gasteiger partial charge in [-0.3, -0.25) is 0 Å². The van der Waals surface area contributed by atoms with Crippen LogP contribution in [0, 0.1) is 6.92 Å². The van der Waals surface area contributed by atoms with Gasteiger partial charge in [-0.25, -0.2) is 9.78 Å². The molecule has 0 unspecified atom stereocenters. The smallest absolute Gasteiger partial charge is 0.339 e. The van der Waals surface area contributed by atoms with Gasteiger partial charge in [0.1, 0.15) is 11.4 Å². The standard InChI is InChI=1S/C13H13BrN2O2S/c1-8-3-4-11(13(17)18)12(15-8)16(2)6-10-5-9(14)7-19-10/h3-5,7H,6H2,1-2H3,(H,17,18). The summed E-state index contributed by atoms with van der Waals surface area (Å²) in [5.74, 6) is -0.460. The number of aryl methyl sites for hydroxylation is 1. The Hall–Kier alpha value is -1.40. The number of nitrogens with zero attached hydrogens (tertiary/aromatic N) is 2. The molecule has 0 fully saturated rings. The zero-order chi connectivity index (χ0) is 14.0. The Morgan fingerprint density at radius 1 is 1.53 bits per heavy atom. The van der Waals surface area contributed by atoms with E-state index in [4.69, 9.17) is 0 Å². The molecule has 2 heterocycles. The van der Waals surface area contributed by atoms with Crippen LogP contribution in [0.2, 0.25) is 0 Å². The van der Waals surface area contributed by atoms with E-state index in [0.717, 1.165) is 15.0 Å². The Bertz CT molecular complexity index is 612. The molecule has 0 saturated carbocycles. The summed E-state index contributed by atoms with van der Waals surface area (Å²) in [5.41, 5.74) is 1.03. The summed E-state index contributed by atoms with van der Waals surface area (Å²) in [5, 5.41) is 11.2. The molecule has 0 aliphatic rings. The molecule has 0 aliphatic carbocycles. The van der Waals surface area contributed by atoms with Crippen LogP contribution < -0.4 is 4.90 Å². The average molecular weight is 341 g/mol. The second-order valence-corrected chi connectivity index (χ2v) is 6.13. The largest absolute Gasteiger partial charge is 0.478 e. The highest BCUT2D eigenvalue weighted by atomic mass is 79.9. The summed E-state index contributed by atoms with van der Waals surface area (Å²) in [7, 11) is 1.85. The van der Waals surface area contributed by atoms with E-state index >= 15 is 0 Å². The lowest BCUT2D eigenvalue weighted by atomic mass is 10.2. The van der Waals surface area contributed by atoms with Gasteiger partial charge in [-0.15, -0.1) is 11.3 Å². The Kier molecular flexibility index (Phi) is 4.21. The molecule has 0 spiro atoms. The van der Waals surface area contributed by atoms with Crippen molar-refractivity contribution in [2.45, 2.75) is 13.5 Å². The van der Waals surface area contributed by atoms with Gasteiger partial charge < -0.3 is 10.0 Å². The summed E-state index contributed by atoms with van der Waals surface area (Å²) >= 11 is 5.04. The van der Waals surface area contributed by atoms with E-state index < -0.39 is 5.97 Å². The molecule has 4 nitrogen and oxygen atoms in total. The minimum atomic E-state index is -0.957. The van der Waals surface area contributed by atoms with Crippen molar-refractivity contribution in [2.24, 2.45) is 0 Å². The normalized spacial score (nSPS) is 10.5. The van der Waals surface area contributed by atoms with Crippen LogP contribution in [-0.4, -0.2) is 23.1 Å². The van der Waals surface area contributed by atoms with E-state index in [2.05, 4.69) is 20.9 Å². The summed E-state index contributed by atoms with van der Waals surface area (Å²) in [6.45, 7) is 2.48. The van der Waals surface area contributed by atoms with E-state index in [1.54, 1.807) is 23.5 Å². The molecule has 0 atom stereocenters. The monoisotopic (exact) mass is 340 g/mol. The van der Waals surface area contributed by atoms with Gasteiger partial charge in [0.2, 0.25) is 0 Å². The predicted octanol–water partition coefficient (Wildman–Crippen LogP) is 3.55. The first-order valence-electron chi connectivity index (χ1n) is 5.62. The van der Waals surface area contributed by atoms with Crippen molar-refractivity contribution in [3.63, 3.8) is 0 Å². The van der Waals surface area contributed by atoms with Gasteiger partial charge in [0, 0.05) is 27.5 Å². The van der Waals surface area contributed by atoms with Crippen molar-refractivity contribution < 1.29 is 9.90 Å². The molecular weight excluding hydrogens is 328 g/mol. The number of pyridine rings is 1. The molecule has 19 heavy (non-hydrogen) atoms. The fraction of sp³-hybridized carbons (Fsp3) is 0.231. The number of rotatable bonds is 4. The molecule has 0 aromatic carbocycles. The van der Waals surface area contributed by atoms with Crippen LogP contribution in [0.15, 0.2) is 28.1 Å². The number of carboxylic acids is 1. The highest BCUT2D eigenvalue weighted by molar-refractivity contribution is 9.10. The maximum atomic E-state index is 11.2. The third-order valence-corrected chi connectivity index (χ3v) is 4.30. The van der Waals surface area contributed by atoms with Crippen molar-refractivity contribution in [3.05, 3.63) is 44.2 Å². The minimum absolute atomic E-state index is 0.226. The third kappa shape index (κ3) is 3.33. The second-order valence-electron chi connectivity index (χ2n) is 4.22. The Morgan fingerprint density at radius 2 is 2.26 bits per heavy atom. The summed E-state index contributed by atoms with van der Waals surface area (Å²) < 4.78 is 1.04. The van der Waals surface area contributed by atoms with Crippen molar-refractivity contribution in [3.8, 4) is 0 Å². The number of aromatic carboxylic acids is 1. The van der Waals surface area contributed by atoms with E-state index in [1.165, 1.54) is 0 Å². The number of hydrogen-bond donors (Lipinski definition) is 1. The molecule has 100 valence electrons. The van der Waals surface area contributed by atoms with Gasteiger partial charge in [0.15, 0.2) is 0 Å². The van der Waals surface area contributed by atoms with Crippen LogP contribution >= 0.6 is 27.3 Å². The number of hydrogen-bond acceptors (Lipinski definition) is 4. The van der Waals surface area contributed by atoms with Crippen LogP contribution in [-0.2, 0) is 6.54 Å². The number of anilines is 1. The number of thiophene rings is 1. The number of carbonyl (C=O) groups is 1. The van der Waals surface area contributed by atoms with Crippen molar-refractivity contribution in [1.82, 2.24) is 4.98 Å². The van der Waals surface area contributed by atoms with E-state index in [-0.39, 0.29) is 5.56 Å². The topological polar surface area (TPSA) is 53.4 Å². The summed E-state index contributed by atoms with van der Waals surface area (Å²) in [4.78, 5) is 18.6. The van der Waals surface area contributed by atoms with Crippen LogP contribution in [0.25, 0.3) is 0 Å². The average Bonchev–Trinajstić information content (AvgIpc) is 2.74. The van der Waals surface area contributed by atoms with Crippen LogP contribution in [0.1, 0.15) is 20.9 Å². The molecule has 0 aliphatic heterocycles. The fourth-order valence-corrected chi connectivity index (χ4v) is 3.25. The van der Waals surface area contributed by atoms with Crippen LogP contribution in [0.4, 0.5) is 5.82 Å². The Labute approximate surface area is 123 Å². The molecule has 2 aromatic rings. The molecule has 0 bridgehead atoms. The SMILES string of the molecule is Cc1ccc(C(=O)O)c(N(C)Cc2cc(Br)cs2)n1. The first-order valence-corrected chi connectivity index (χ1v) is 7.29. The van der Waals surface area contributed by atoms with Gasteiger partial charge in [-0.05, 0) is 41.1 Å². The number of carboxylic acid groups (broad SMARTS) is 1. The van der Waals surface area contributed by atoms with Gasteiger partial charge in [-0.1, -0.05) is 0 Å². The lowest BCUT2D eigenvalue weighted by Gasteiger charge is -2.19. The molecule has 0 saturated heterocycles. The first-order chi connectivity index (χ1) is 8.97. The molecule has 0 radical (unpaired) electrons. The quantitative estimate of drug-likeness (QED) is 0.924.